The normalized spacial score (nSPS) is 18.1. The maximum absolute atomic E-state index is 13.8. The summed E-state index contributed by atoms with van der Waals surface area (Å²) in [5.41, 5.74) is 3.87. The molecule has 10 nitrogen and oxygen atoms in total. The highest BCUT2D eigenvalue weighted by atomic mass is 16.6. The van der Waals surface area contributed by atoms with E-state index in [0.29, 0.717) is 41.2 Å². The molecule has 2 heterocycles. The van der Waals surface area contributed by atoms with Gasteiger partial charge in [0.05, 0.1) is 18.0 Å². The van der Waals surface area contributed by atoms with Gasteiger partial charge in [-0.2, -0.15) is 0 Å². The van der Waals surface area contributed by atoms with E-state index < -0.39 is 16.8 Å². The fourth-order valence-corrected chi connectivity index (χ4v) is 5.46. The van der Waals surface area contributed by atoms with Gasteiger partial charge in [-0.15, -0.1) is 0 Å². The van der Waals surface area contributed by atoms with Gasteiger partial charge in [-0.05, 0) is 55.7 Å². The minimum absolute atomic E-state index is 0.0223. The molecule has 2 N–H and O–H groups in total. The van der Waals surface area contributed by atoms with Gasteiger partial charge in [-0.25, -0.2) is 4.98 Å². The number of allylic oxidation sites excluding steroid dienone is 3. The molecule has 41 heavy (non-hydrogen) atoms. The first-order chi connectivity index (χ1) is 19.8. The van der Waals surface area contributed by atoms with Crippen molar-refractivity contribution in [2.45, 2.75) is 39.2 Å². The molecule has 0 saturated carbocycles. The summed E-state index contributed by atoms with van der Waals surface area (Å²) in [6, 6.07) is 15.3. The average molecular weight is 555 g/mol. The van der Waals surface area contributed by atoms with Gasteiger partial charge in [0.2, 0.25) is 0 Å². The average Bonchev–Trinajstić information content (AvgIpc) is 2.96. The van der Waals surface area contributed by atoms with E-state index >= 15 is 0 Å². The van der Waals surface area contributed by atoms with Crippen LogP contribution in [0.1, 0.15) is 42.4 Å². The number of hydrogen-bond acceptors (Lipinski definition) is 8. The van der Waals surface area contributed by atoms with Crippen molar-refractivity contribution in [1.29, 1.82) is 0 Å². The number of pyridine rings is 1. The molecule has 1 aliphatic heterocycles. The zero-order valence-electron chi connectivity index (χ0n) is 23.0. The molecular formula is C31H30N4O6. The molecule has 0 bridgehead atoms. The second-order valence-electron chi connectivity index (χ2n) is 9.99. The molecule has 2 aliphatic rings. The predicted molar refractivity (Wildman–Crippen MR) is 152 cm³/mol. The van der Waals surface area contributed by atoms with E-state index in [0.717, 1.165) is 16.8 Å². The largest absolute Gasteiger partial charge is 0.496 e. The van der Waals surface area contributed by atoms with Crippen molar-refractivity contribution in [1.82, 2.24) is 10.3 Å². The predicted octanol–water partition coefficient (Wildman–Crippen LogP) is 5.35. The van der Waals surface area contributed by atoms with Gasteiger partial charge >= 0.3 is 5.69 Å². The standard InChI is InChI=1S/C31H30N4O6/c1-18-8-7-15-32-30(18)34-31(37)27-19(2)33-22-9-6-11-24(36)29(22)28(27)20-13-14-25(40-3)21(16-20)17-41-26-12-5-4-10-23(26)35(38)39/h4-5,7-10,12-16,28-29,33H,6,11,17H2,1-3H3,(H,32,34,37). The molecule has 1 aromatic heterocycles. The van der Waals surface area contributed by atoms with Crippen LogP contribution < -0.4 is 20.1 Å². The number of fused-ring (bicyclic) bond motifs is 1. The Balaban J connectivity index is 1.55. The second kappa shape index (κ2) is 11.6. The molecule has 10 heteroatoms. The van der Waals surface area contributed by atoms with Gasteiger partial charge in [-0.1, -0.05) is 30.3 Å². The third kappa shape index (κ3) is 5.54. The summed E-state index contributed by atoms with van der Waals surface area (Å²) in [5, 5.41) is 17.7. The van der Waals surface area contributed by atoms with Crippen LogP contribution in [0.3, 0.4) is 0 Å². The van der Waals surface area contributed by atoms with Gasteiger partial charge in [0.1, 0.15) is 24.0 Å². The SMILES string of the molecule is COc1ccc(C2C(C(=O)Nc3ncccc3C)=C(C)NC3=CCCC(=O)C32)cc1COc1ccccc1[N+](=O)[O-]. The number of methoxy groups -OCH3 is 1. The topological polar surface area (TPSA) is 133 Å². The van der Waals surface area contributed by atoms with Crippen molar-refractivity contribution >= 4 is 23.2 Å². The Labute approximate surface area is 237 Å². The maximum Gasteiger partial charge on any atom is 0.310 e. The number of nitrogens with zero attached hydrogens (tertiary/aromatic N) is 2. The van der Waals surface area contributed by atoms with Crippen LogP contribution in [0.25, 0.3) is 0 Å². The molecule has 0 radical (unpaired) electrons. The molecule has 3 aromatic rings. The van der Waals surface area contributed by atoms with Gasteiger partial charge in [0.25, 0.3) is 5.91 Å². The van der Waals surface area contributed by atoms with Crippen LogP contribution in [0.5, 0.6) is 11.5 Å². The number of ketones is 1. The molecular weight excluding hydrogens is 524 g/mol. The van der Waals surface area contributed by atoms with Crippen LogP contribution in [0.2, 0.25) is 0 Å². The van der Waals surface area contributed by atoms with Gasteiger partial charge in [0, 0.05) is 47.1 Å². The van der Waals surface area contributed by atoms with Crippen molar-refractivity contribution in [3.8, 4) is 11.5 Å². The van der Waals surface area contributed by atoms with Crippen molar-refractivity contribution in [2.75, 3.05) is 12.4 Å². The number of hydrogen-bond donors (Lipinski definition) is 2. The van der Waals surface area contributed by atoms with E-state index in [1.54, 1.807) is 30.5 Å². The Morgan fingerprint density at radius 3 is 2.68 bits per heavy atom. The fourth-order valence-electron chi connectivity index (χ4n) is 5.46. The molecule has 5 rings (SSSR count). The minimum Gasteiger partial charge on any atom is -0.496 e. The molecule has 1 aliphatic carbocycles. The summed E-state index contributed by atoms with van der Waals surface area (Å²) in [4.78, 5) is 42.5. The van der Waals surface area contributed by atoms with Crippen LogP contribution in [-0.2, 0) is 16.2 Å². The van der Waals surface area contributed by atoms with Crippen molar-refractivity contribution < 1.29 is 24.0 Å². The Morgan fingerprint density at radius 2 is 1.93 bits per heavy atom. The Bertz CT molecular complexity index is 1590. The molecule has 2 aromatic carbocycles. The smallest absolute Gasteiger partial charge is 0.310 e. The van der Waals surface area contributed by atoms with Crippen LogP contribution in [-0.4, -0.2) is 28.7 Å². The van der Waals surface area contributed by atoms with E-state index in [2.05, 4.69) is 15.6 Å². The zero-order chi connectivity index (χ0) is 29.1. The maximum atomic E-state index is 13.8. The highest BCUT2D eigenvalue weighted by Crippen LogP contribution is 2.45. The lowest BCUT2D eigenvalue weighted by Gasteiger charge is -2.38. The monoisotopic (exact) mass is 554 g/mol. The Hall–Kier alpha value is -4.99. The van der Waals surface area contributed by atoms with E-state index in [1.807, 2.05) is 38.1 Å². The van der Waals surface area contributed by atoms with Gasteiger partial charge in [-0.3, -0.25) is 19.7 Å². The van der Waals surface area contributed by atoms with E-state index in [1.165, 1.54) is 19.2 Å². The first kappa shape index (κ1) is 27.6. The van der Waals surface area contributed by atoms with E-state index in [-0.39, 0.29) is 29.7 Å². The number of carbonyl (C=O) groups is 2. The number of aromatic nitrogens is 1. The summed E-state index contributed by atoms with van der Waals surface area (Å²) in [7, 11) is 1.53. The number of amides is 1. The Kier molecular flexibility index (Phi) is 7.82. The molecule has 2 unspecified atom stereocenters. The summed E-state index contributed by atoms with van der Waals surface area (Å²) in [6.07, 6.45) is 4.63. The first-order valence-corrected chi connectivity index (χ1v) is 13.2. The van der Waals surface area contributed by atoms with Crippen LogP contribution in [0.15, 0.2) is 83.8 Å². The van der Waals surface area contributed by atoms with Crippen molar-refractivity contribution in [3.63, 3.8) is 0 Å². The number of para-hydroxylation sites is 2. The number of rotatable bonds is 8. The number of ether oxygens (including phenoxy) is 2. The number of nitrogens with one attached hydrogen (secondary N) is 2. The molecule has 2 atom stereocenters. The summed E-state index contributed by atoms with van der Waals surface area (Å²) < 4.78 is 11.4. The number of nitro groups is 1. The quantitative estimate of drug-likeness (QED) is 0.281. The van der Waals surface area contributed by atoms with E-state index in [4.69, 9.17) is 9.47 Å². The highest BCUT2D eigenvalue weighted by molar-refractivity contribution is 6.06. The Morgan fingerprint density at radius 1 is 1.12 bits per heavy atom. The number of benzene rings is 2. The van der Waals surface area contributed by atoms with Crippen LogP contribution in [0, 0.1) is 23.0 Å². The molecule has 1 amide bonds. The minimum atomic E-state index is -0.588. The zero-order valence-corrected chi connectivity index (χ0v) is 23.0. The number of nitro benzene ring substituents is 1. The molecule has 0 spiro atoms. The van der Waals surface area contributed by atoms with Gasteiger partial charge < -0.3 is 20.1 Å². The third-order valence-electron chi connectivity index (χ3n) is 7.41. The summed E-state index contributed by atoms with van der Waals surface area (Å²) >= 11 is 0. The number of anilines is 1. The lowest BCUT2D eigenvalue weighted by Crippen LogP contribution is -2.41. The van der Waals surface area contributed by atoms with Crippen LogP contribution in [0.4, 0.5) is 11.5 Å². The lowest BCUT2D eigenvalue weighted by molar-refractivity contribution is -0.385. The molecule has 0 saturated heterocycles. The summed E-state index contributed by atoms with van der Waals surface area (Å²) in [5.74, 6) is -0.386. The van der Waals surface area contributed by atoms with Crippen LogP contribution >= 0.6 is 0 Å². The number of carbonyl (C=O) groups excluding carboxylic acids is 2. The molecule has 0 fully saturated rings. The number of Topliss-reactive ketones (excluding diaryl/α,β-unsaturated/α-hetero) is 1. The number of aryl methyl sites for hydroxylation is 1. The van der Waals surface area contributed by atoms with Crippen molar-refractivity contribution in [3.05, 3.63) is 111 Å². The highest BCUT2D eigenvalue weighted by Gasteiger charge is 2.43. The summed E-state index contributed by atoms with van der Waals surface area (Å²) in [6.45, 7) is 3.66. The first-order valence-electron chi connectivity index (χ1n) is 13.2. The second-order valence-corrected chi connectivity index (χ2v) is 9.99. The fraction of sp³-hybridized carbons (Fsp3) is 0.258. The van der Waals surface area contributed by atoms with E-state index in [9.17, 15) is 19.7 Å². The molecule has 210 valence electrons. The van der Waals surface area contributed by atoms with Crippen molar-refractivity contribution in [2.24, 2.45) is 5.92 Å². The van der Waals surface area contributed by atoms with Gasteiger partial charge in [0.15, 0.2) is 5.75 Å². The third-order valence-corrected chi connectivity index (χ3v) is 7.41. The lowest BCUT2D eigenvalue weighted by atomic mass is 9.70.